The van der Waals surface area contributed by atoms with Gasteiger partial charge in [-0.15, -0.1) is 0 Å². The first kappa shape index (κ1) is 13.0. The van der Waals surface area contributed by atoms with Gasteiger partial charge in [0.25, 0.3) is 5.91 Å². The molecule has 0 atom stereocenters. The Balaban J connectivity index is 2.69. The minimum absolute atomic E-state index is 0.0370. The number of carbonyl (C=O) groups is 1. The van der Waals surface area contributed by atoms with Crippen LogP contribution in [0.4, 0.5) is 0 Å². The Kier molecular flexibility index (Phi) is 4.80. The van der Waals surface area contributed by atoms with Gasteiger partial charge in [-0.3, -0.25) is 4.79 Å². The van der Waals surface area contributed by atoms with Crippen LogP contribution in [0.25, 0.3) is 0 Å². The van der Waals surface area contributed by atoms with Gasteiger partial charge < -0.3 is 9.88 Å². The monoisotopic (exact) mass is 284 g/mol. The molecular weight excluding hydrogens is 268 g/mol. The lowest BCUT2D eigenvalue weighted by molar-refractivity contribution is 0.0949. The number of amides is 1. The Labute approximate surface area is 105 Å². The fourth-order valence-electron chi connectivity index (χ4n) is 1.37. The van der Waals surface area contributed by atoms with E-state index in [-0.39, 0.29) is 5.91 Å². The van der Waals surface area contributed by atoms with E-state index in [0.717, 1.165) is 11.0 Å². The van der Waals surface area contributed by atoms with E-state index in [9.17, 15) is 4.79 Å². The second kappa shape index (κ2) is 5.89. The molecule has 0 spiro atoms. The van der Waals surface area contributed by atoms with Crippen LogP contribution in [0.3, 0.4) is 0 Å². The molecule has 0 fully saturated rings. The van der Waals surface area contributed by atoms with Crippen LogP contribution in [0.2, 0.25) is 0 Å². The van der Waals surface area contributed by atoms with Gasteiger partial charge in [0.1, 0.15) is 5.69 Å². The second-order valence-electron chi connectivity index (χ2n) is 3.82. The molecule has 0 aromatic carbocycles. The lowest BCUT2D eigenvalue weighted by atomic mass is 10.3. The number of aromatic nitrogens is 1. The topological polar surface area (TPSA) is 34.0 Å². The van der Waals surface area contributed by atoms with E-state index in [1.165, 1.54) is 5.57 Å². The zero-order valence-electron chi connectivity index (χ0n) is 9.88. The highest BCUT2D eigenvalue weighted by Crippen LogP contribution is 2.14. The maximum Gasteiger partial charge on any atom is 0.268 e. The molecule has 0 unspecified atom stereocenters. The molecule has 0 saturated heterocycles. The predicted molar refractivity (Wildman–Crippen MR) is 69.6 cm³/mol. The summed E-state index contributed by atoms with van der Waals surface area (Å²) < 4.78 is 2.85. The third-order valence-electron chi connectivity index (χ3n) is 2.21. The van der Waals surface area contributed by atoms with Crippen LogP contribution in [-0.2, 0) is 6.54 Å². The van der Waals surface area contributed by atoms with Gasteiger partial charge in [-0.25, -0.2) is 0 Å². The number of nitrogens with one attached hydrogen (secondary N) is 1. The SMILES string of the molecule is CCn1cc(Br)cc1C(=O)NCC=C(C)C. The molecule has 16 heavy (non-hydrogen) atoms. The molecule has 1 aromatic rings. The summed E-state index contributed by atoms with van der Waals surface area (Å²) in [5, 5.41) is 2.86. The molecule has 0 radical (unpaired) electrons. The van der Waals surface area contributed by atoms with Gasteiger partial charge >= 0.3 is 0 Å². The Morgan fingerprint density at radius 1 is 1.56 bits per heavy atom. The number of rotatable bonds is 4. The van der Waals surface area contributed by atoms with Gasteiger partial charge in [0, 0.05) is 23.8 Å². The molecule has 1 amide bonds. The second-order valence-corrected chi connectivity index (χ2v) is 4.74. The number of aryl methyl sites for hydroxylation is 1. The first-order valence-electron chi connectivity index (χ1n) is 5.31. The molecule has 3 nitrogen and oxygen atoms in total. The highest BCUT2D eigenvalue weighted by Gasteiger charge is 2.10. The molecule has 0 aliphatic rings. The van der Waals surface area contributed by atoms with E-state index >= 15 is 0 Å². The lowest BCUT2D eigenvalue weighted by Gasteiger charge is -2.05. The fourth-order valence-corrected chi connectivity index (χ4v) is 1.83. The first-order valence-corrected chi connectivity index (χ1v) is 6.11. The van der Waals surface area contributed by atoms with Crippen LogP contribution in [0.1, 0.15) is 31.3 Å². The van der Waals surface area contributed by atoms with Gasteiger partial charge in [0.2, 0.25) is 0 Å². The normalized spacial score (nSPS) is 10.0. The van der Waals surface area contributed by atoms with E-state index in [0.29, 0.717) is 12.2 Å². The minimum atomic E-state index is -0.0370. The van der Waals surface area contributed by atoms with Crippen molar-refractivity contribution < 1.29 is 4.79 Å². The summed E-state index contributed by atoms with van der Waals surface area (Å²) in [6.07, 6.45) is 3.90. The molecule has 1 heterocycles. The molecule has 1 rings (SSSR count). The quantitative estimate of drug-likeness (QED) is 0.848. The molecule has 0 saturated carbocycles. The molecular formula is C12H17BrN2O. The lowest BCUT2D eigenvalue weighted by Crippen LogP contribution is -2.25. The molecule has 1 aromatic heterocycles. The molecule has 0 bridgehead atoms. The molecule has 4 heteroatoms. The average molecular weight is 285 g/mol. The number of hydrogen-bond acceptors (Lipinski definition) is 1. The summed E-state index contributed by atoms with van der Waals surface area (Å²) >= 11 is 3.37. The van der Waals surface area contributed by atoms with Crippen molar-refractivity contribution in [3.63, 3.8) is 0 Å². The van der Waals surface area contributed by atoms with Crippen molar-refractivity contribution in [1.29, 1.82) is 0 Å². The van der Waals surface area contributed by atoms with Gasteiger partial charge in [0.05, 0.1) is 0 Å². The number of halogens is 1. The fraction of sp³-hybridized carbons (Fsp3) is 0.417. The molecule has 1 N–H and O–H groups in total. The maximum atomic E-state index is 11.8. The highest BCUT2D eigenvalue weighted by atomic mass is 79.9. The Morgan fingerprint density at radius 3 is 2.81 bits per heavy atom. The van der Waals surface area contributed by atoms with Crippen molar-refractivity contribution in [3.8, 4) is 0 Å². The molecule has 0 aliphatic carbocycles. The Morgan fingerprint density at radius 2 is 2.25 bits per heavy atom. The average Bonchev–Trinajstić information content (AvgIpc) is 2.59. The van der Waals surface area contributed by atoms with E-state index in [1.54, 1.807) is 0 Å². The van der Waals surface area contributed by atoms with Crippen molar-refractivity contribution in [1.82, 2.24) is 9.88 Å². The predicted octanol–water partition coefficient (Wildman–Crippen LogP) is 2.97. The number of carbonyl (C=O) groups excluding carboxylic acids is 1. The summed E-state index contributed by atoms with van der Waals surface area (Å²) in [6.45, 7) is 7.40. The van der Waals surface area contributed by atoms with Crippen LogP contribution in [-0.4, -0.2) is 17.0 Å². The van der Waals surface area contributed by atoms with Gasteiger partial charge in [-0.05, 0) is 42.8 Å². The van der Waals surface area contributed by atoms with Crippen LogP contribution in [0.5, 0.6) is 0 Å². The first-order chi connectivity index (χ1) is 7.54. The summed E-state index contributed by atoms with van der Waals surface area (Å²) in [6, 6.07) is 1.83. The number of allylic oxidation sites excluding steroid dienone is 1. The van der Waals surface area contributed by atoms with Gasteiger partial charge in [-0.2, -0.15) is 0 Å². The van der Waals surface area contributed by atoms with Crippen LogP contribution < -0.4 is 5.32 Å². The van der Waals surface area contributed by atoms with E-state index in [1.807, 2.05) is 43.7 Å². The van der Waals surface area contributed by atoms with Crippen molar-refractivity contribution in [2.24, 2.45) is 0 Å². The summed E-state index contributed by atoms with van der Waals surface area (Å²) in [5.74, 6) is -0.0370. The zero-order chi connectivity index (χ0) is 12.1. The van der Waals surface area contributed by atoms with Crippen LogP contribution in [0, 0.1) is 0 Å². The number of hydrogen-bond donors (Lipinski definition) is 1. The van der Waals surface area contributed by atoms with Crippen LogP contribution in [0.15, 0.2) is 28.4 Å². The molecule has 0 aliphatic heterocycles. The smallest absolute Gasteiger partial charge is 0.268 e. The summed E-state index contributed by atoms with van der Waals surface area (Å²) in [7, 11) is 0. The summed E-state index contributed by atoms with van der Waals surface area (Å²) in [4.78, 5) is 11.8. The molecule has 88 valence electrons. The van der Waals surface area contributed by atoms with Crippen molar-refractivity contribution >= 4 is 21.8 Å². The third kappa shape index (κ3) is 3.52. The third-order valence-corrected chi connectivity index (χ3v) is 2.64. The Hall–Kier alpha value is -1.03. The van der Waals surface area contributed by atoms with E-state index in [4.69, 9.17) is 0 Å². The van der Waals surface area contributed by atoms with Gasteiger partial charge in [-0.1, -0.05) is 11.6 Å². The minimum Gasteiger partial charge on any atom is -0.347 e. The van der Waals surface area contributed by atoms with Crippen molar-refractivity contribution in [3.05, 3.63) is 34.1 Å². The highest BCUT2D eigenvalue weighted by molar-refractivity contribution is 9.10. The number of nitrogens with zero attached hydrogens (tertiary/aromatic N) is 1. The summed E-state index contributed by atoms with van der Waals surface area (Å²) in [5.41, 5.74) is 1.89. The van der Waals surface area contributed by atoms with Gasteiger partial charge in [0.15, 0.2) is 0 Å². The standard InChI is InChI=1S/C12H17BrN2O/c1-4-15-8-10(13)7-11(15)12(16)14-6-5-9(2)3/h5,7-8H,4,6H2,1-3H3,(H,14,16). The van der Waals surface area contributed by atoms with Crippen molar-refractivity contribution in [2.45, 2.75) is 27.3 Å². The largest absolute Gasteiger partial charge is 0.347 e. The maximum absolute atomic E-state index is 11.8. The van der Waals surface area contributed by atoms with E-state index < -0.39 is 0 Å². The van der Waals surface area contributed by atoms with Crippen LogP contribution >= 0.6 is 15.9 Å². The van der Waals surface area contributed by atoms with Crippen molar-refractivity contribution in [2.75, 3.05) is 6.54 Å². The van der Waals surface area contributed by atoms with E-state index in [2.05, 4.69) is 21.2 Å². The zero-order valence-corrected chi connectivity index (χ0v) is 11.5. The Bertz CT molecular complexity index is 403.